The van der Waals surface area contributed by atoms with Gasteiger partial charge in [-0.3, -0.25) is 5.43 Å². The van der Waals surface area contributed by atoms with Crippen LogP contribution in [0.1, 0.15) is 5.69 Å². The van der Waals surface area contributed by atoms with Gasteiger partial charge in [0.2, 0.25) is 0 Å². The molecule has 0 atom stereocenters. The average Bonchev–Trinajstić information content (AvgIpc) is 2.40. The molecule has 0 aliphatic rings. The quantitative estimate of drug-likeness (QED) is 0.384. The predicted molar refractivity (Wildman–Crippen MR) is 88.9 cm³/mol. The first-order valence-electron chi connectivity index (χ1n) is 5.52. The van der Waals surface area contributed by atoms with Crippen LogP contribution in [0, 0.1) is 0 Å². The smallest absolute Gasteiger partial charge is 0.191 e. The highest BCUT2D eigenvalue weighted by Crippen LogP contribution is 2.05. The lowest BCUT2D eigenvalue weighted by molar-refractivity contribution is 0.824. The molecule has 2 aromatic rings. The number of pyridine rings is 1. The summed E-state index contributed by atoms with van der Waals surface area (Å²) in [5, 5.41) is 7.46. The normalized spacial score (nSPS) is 9.85. The summed E-state index contributed by atoms with van der Waals surface area (Å²) in [7, 11) is 0. The van der Waals surface area contributed by atoms with Gasteiger partial charge >= 0.3 is 0 Å². The Morgan fingerprint density at radius 2 is 1.90 bits per heavy atom. The molecule has 0 radical (unpaired) electrons. The van der Waals surface area contributed by atoms with Gasteiger partial charge in [0.1, 0.15) is 4.60 Å². The van der Waals surface area contributed by atoms with Crippen LogP contribution in [0.15, 0.2) is 58.2 Å². The van der Waals surface area contributed by atoms with Crippen LogP contribution in [0.5, 0.6) is 0 Å². The highest BCUT2D eigenvalue weighted by atomic mass is 79.9. The summed E-state index contributed by atoms with van der Waals surface area (Å²) in [4.78, 5) is 4.22. The monoisotopic (exact) mass is 352 g/mol. The van der Waals surface area contributed by atoms with E-state index in [1.165, 1.54) is 0 Å². The van der Waals surface area contributed by atoms with Crippen molar-refractivity contribution in [3.63, 3.8) is 0 Å². The molecule has 0 unspecified atom stereocenters. The van der Waals surface area contributed by atoms with E-state index in [1.54, 1.807) is 6.21 Å². The predicted octanol–water partition coefficient (Wildman–Crippen LogP) is 2.34. The second-order valence-electron chi connectivity index (χ2n) is 3.58. The second-order valence-corrected chi connectivity index (χ2v) is 4.80. The van der Waals surface area contributed by atoms with Crippen LogP contribution < -0.4 is 10.7 Å². The number of anilines is 1. The number of aromatic nitrogens is 1. The third-order valence-corrected chi connectivity index (χ3v) is 2.77. The van der Waals surface area contributed by atoms with Crippen LogP contribution in [-0.4, -0.2) is 21.8 Å². The van der Waals surface area contributed by atoms with E-state index in [0.29, 0.717) is 5.11 Å². The number of halogens is 1. The molecule has 7 heteroatoms. The number of hydrogen-bond donors (Lipinski definition) is 2. The number of para-hydroxylation sites is 1. The van der Waals surface area contributed by atoms with Crippen molar-refractivity contribution in [2.24, 2.45) is 5.10 Å². The Bertz CT molecular complexity index is 592. The van der Waals surface area contributed by atoms with Crippen LogP contribution in [0.4, 0.5) is 5.69 Å². The standard InChI is InChI=1S/C13H11BrN4S.H2O/c14-12-8-4-7-11(16-12)9-15-18-13(19)17-10-5-2-1-3-6-10;/h1-9H,(H2,17,18,19);1H2. The minimum absolute atomic E-state index is 0. The molecular formula is C13H13BrN4OS. The van der Waals surface area contributed by atoms with E-state index in [-0.39, 0.29) is 5.48 Å². The number of rotatable bonds is 3. The molecule has 104 valence electrons. The number of hydrazone groups is 1. The minimum atomic E-state index is 0. The molecule has 0 saturated carbocycles. The van der Waals surface area contributed by atoms with E-state index in [4.69, 9.17) is 12.2 Å². The van der Waals surface area contributed by atoms with Crippen molar-refractivity contribution in [3.8, 4) is 0 Å². The van der Waals surface area contributed by atoms with Gasteiger partial charge in [-0.1, -0.05) is 24.3 Å². The molecule has 1 aromatic carbocycles. The lowest BCUT2D eigenvalue weighted by atomic mass is 10.3. The van der Waals surface area contributed by atoms with Gasteiger partial charge < -0.3 is 10.8 Å². The maximum atomic E-state index is 5.11. The first-order chi connectivity index (χ1) is 9.24. The second kappa shape index (κ2) is 8.36. The van der Waals surface area contributed by atoms with E-state index < -0.39 is 0 Å². The van der Waals surface area contributed by atoms with Gasteiger partial charge in [-0.15, -0.1) is 0 Å². The van der Waals surface area contributed by atoms with Gasteiger partial charge in [-0.05, 0) is 52.4 Å². The van der Waals surface area contributed by atoms with Gasteiger partial charge in [-0.2, -0.15) is 5.10 Å². The van der Waals surface area contributed by atoms with Gasteiger partial charge in [0.15, 0.2) is 5.11 Å². The molecule has 0 saturated heterocycles. The minimum Gasteiger partial charge on any atom is -0.412 e. The SMILES string of the molecule is O.S=C(NN=Cc1cccc(Br)n1)Nc1ccccc1. The molecular weight excluding hydrogens is 340 g/mol. The maximum Gasteiger partial charge on any atom is 0.191 e. The van der Waals surface area contributed by atoms with Gasteiger partial charge in [0.05, 0.1) is 11.9 Å². The fourth-order valence-corrected chi connectivity index (χ4v) is 1.86. The van der Waals surface area contributed by atoms with E-state index in [2.05, 4.69) is 36.8 Å². The van der Waals surface area contributed by atoms with Crippen molar-refractivity contribution in [3.05, 3.63) is 58.8 Å². The third kappa shape index (κ3) is 5.43. The molecule has 0 fully saturated rings. The summed E-state index contributed by atoms with van der Waals surface area (Å²) in [5.41, 5.74) is 4.39. The Balaban J connectivity index is 0.00000200. The zero-order valence-electron chi connectivity index (χ0n) is 10.4. The molecule has 1 heterocycles. The van der Waals surface area contributed by atoms with Crippen LogP contribution in [0.2, 0.25) is 0 Å². The molecule has 0 aliphatic heterocycles. The Morgan fingerprint density at radius 3 is 2.60 bits per heavy atom. The summed E-state index contributed by atoms with van der Waals surface area (Å²) in [5.74, 6) is 0. The lowest BCUT2D eigenvalue weighted by Gasteiger charge is -2.05. The molecule has 20 heavy (non-hydrogen) atoms. The number of thiocarbonyl (C=S) groups is 1. The van der Waals surface area contributed by atoms with Crippen LogP contribution in [-0.2, 0) is 0 Å². The first-order valence-corrected chi connectivity index (χ1v) is 6.72. The molecule has 0 aliphatic carbocycles. The summed E-state index contributed by atoms with van der Waals surface area (Å²) >= 11 is 8.41. The molecule has 5 nitrogen and oxygen atoms in total. The number of nitrogens with zero attached hydrogens (tertiary/aromatic N) is 2. The Kier molecular flexibility index (Phi) is 6.78. The summed E-state index contributed by atoms with van der Waals surface area (Å²) in [6.07, 6.45) is 1.60. The Hall–Kier alpha value is -1.83. The van der Waals surface area contributed by atoms with Crippen molar-refractivity contribution < 1.29 is 5.48 Å². The van der Waals surface area contributed by atoms with E-state index in [1.807, 2.05) is 48.5 Å². The Labute approximate surface area is 130 Å². The molecule has 0 bridgehead atoms. The van der Waals surface area contributed by atoms with Crippen LogP contribution in [0.3, 0.4) is 0 Å². The largest absolute Gasteiger partial charge is 0.412 e. The van der Waals surface area contributed by atoms with Gasteiger partial charge in [-0.25, -0.2) is 4.98 Å². The number of nitrogens with one attached hydrogen (secondary N) is 2. The van der Waals surface area contributed by atoms with Crippen molar-refractivity contribution in [2.75, 3.05) is 5.32 Å². The maximum absolute atomic E-state index is 5.11. The number of hydrogen-bond acceptors (Lipinski definition) is 3. The van der Waals surface area contributed by atoms with Crippen molar-refractivity contribution >= 4 is 45.2 Å². The highest BCUT2D eigenvalue weighted by Gasteiger charge is 1.95. The first kappa shape index (κ1) is 16.2. The molecule has 2 rings (SSSR count). The fourth-order valence-electron chi connectivity index (χ4n) is 1.33. The van der Waals surface area contributed by atoms with Crippen molar-refractivity contribution in [1.29, 1.82) is 0 Å². The zero-order chi connectivity index (χ0) is 13.5. The lowest BCUT2D eigenvalue weighted by Crippen LogP contribution is -2.23. The van der Waals surface area contributed by atoms with E-state index >= 15 is 0 Å². The summed E-state index contributed by atoms with van der Waals surface area (Å²) in [6, 6.07) is 15.2. The van der Waals surface area contributed by atoms with Gasteiger partial charge in [0, 0.05) is 5.69 Å². The molecule has 4 N–H and O–H groups in total. The average molecular weight is 353 g/mol. The summed E-state index contributed by atoms with van der Waals surface area (Å²) in [6.45, 7) is 0. The van der Waals surface area contributed by atoms with Gasteiger partial charge in [0.25, 0.3) is 0 Å². The summed E-state index contributed by atoms with van der Waals surface area (Å²) < 4.78 is 0.765. The van der Waals surface area contributed by atoms with Crippen LogP contribution >= 0.6 is 28.1 Å². The third-order valence-electron chi connectivity index (χ3n) is 2.13. The Morgan fingerprint density at radius 1 is 1.15 bits per heavy atom. The van der Waals surface area contributed by atoms with Crippen LogP contribution in [0.25, 0.3) is 0 Å². The fraction of sp³-hybridized carbons (Fsp3) is 0. The molecule has 1 aromatic heterocycles. The van der Waals surface area contributed by atoms with E-state index in [0.717, 1.165) is 16.0 Å². The zero-order valence-corrected chi connectivity index (χ0v) is 12.8. The van der Waals surface area contributed by atoms with Crippen molar-refractivity contribution in [2.45, 2.75) is 0 Å². The topological polar surface area (TPSA) is 80.8 Å². The number of benzene rings is 1. The molecule has 0 amide bonds. The van der Waals surface area contributed by atoms with Crippen molar-refractivity contribution in [1.82, 2.24) is 10.4 Å². The van der Waals surface area contributed by atoms with E-state index in [9.17, 15) is 0 Å². The molecule has 0 spiro atoms. The highest BCUT2D eigenvalue weighted by molar-refractivity contribution is 9.10.